The fourth-order valence-electron chi connectivity index (χ4n) is 2.05. The molecule has 0 spiro atoms. The second-order valence-electron chi connectivity index (χ2n) is 4.82. The molecular formula is C18H23N3O. The molecule has 4 nitrogen and oxygen atoms in total. The number of nitrogens with zero attached hydrogens (tertiary/aromatic N) is 1. The second-order valence-corrected chi connectivity index (χ2v) is 4.82. The van der Waals surface area contributed by atoms with Crippen LogP contribution in [0.4, 0.5) is 0 Å². The molecule has 2 aromatic rings. The fraction of sp³-hybridized carbons (Fsp3) is 0.278. The van der Waals surface area contributed by atoms with Gasteiger partial charge in [0.1, 0.15) is 12.4 Å². The van der Waals surface area contributed by atoms with Crippen LogP contribution in [-0.2, 0) is 6.42 Å². The van der Waals surface area contributed by atoms with Crippen molar-refractivity contribution in [3.8, 4) is 5.75 Å². The molecule has 116 valence electrons. The predicted molar refractivity (Wildman–Crippen MR) is 91.4 cm³/mol. The molecule has 2 N–H and O–H groups in total. The highest BCUT2D eigenvalue weighted by Crippen LogP contribution is 2.07. The lowest BCUT2D eigenvalue weighted by atomic mass is 10.1. The first-order valence-corrected chi connectivity index (χ1v) is 7.55. The number of para-hydroxylation sites is 1. The smallest absolute Gasteiger partial charge is 0.191 e. The van der Waals surface area contributed by atoms with Gasteiger partial charge in [0.25, 0.3) is 0 Å². The Morgan fingerprint density at radius 1 is 0.909 bits per heavy atom. The summed E-state index contributed by atoms with van der Waals surface area (Å²) in [6.07, 6.45) is 0.974. The lowest BCUT2D eigenvalue weighted by Crippen LogP contribution is -2.40. The summed E-state index contributed by atoms with van der Waals surface area (Å²) >= 11 is 0. The Bertz CT molecular complexity index is 555. The molecule has 0 atom stereocenters. The first kappa shape index (κ1) is 15.9. The van der Waals surface area contributed by atoms with Crippen molar-refractivity contribution in [3.05, 3.63) is 66.2 Å². The van der Waals surface area contributed by atoms with Crippen molar-refractivity contribution in [1.82, 2.24) is 10.6 Å². The molecule has 0 aliphatic carbocycles. The van der Waals surface area contributed by atoms with Gasteiger partial charge in [0.2, 0.25) is 0 Å². The summed E-state index contributed by atoms with van der Waals surface area (Å²) < 4.78 is 5.63. The molecule has 0 aliphatic heterocycles. The third kappa shape index (κ3) is 5.87. The maximum Gasteiger partial charge on any atom is 0.191 e. The number of nitrogens with one attached hydrogen (secondary N) is 2. The number of rotatable bonds is 7. The average molecular weight is 297 g/mol. The summed E-state index contributed by atoms with van der Waals surface area (Å²) in [6, 6.07) is 20.2. The normalized spacial score (nSPS) is 11.0. The highest BCUT2D eigenvalue weighted by atomic mass is 16.5. The number of ether oxygens (including phenoxy) is 1. The minimum Gasteiger partial charge on any atom is -0.492 e. The van der Waals surface area contributed by atoms with Crippen molar-refractivity contribution in [2.75, 3.05) is 26.7 Å². The largest absolute Gasteiger partial charge is 0.492 e. The van der Waals surface area contributed by atoms with Crippen LogP contribution in [0, 0.1) is 0 Å². The van der Waals surface area contributed by atoms with Gasteiger partial charge in [-0.05, 0) is 24.1 Å². The summed E-state index contributed by atoms with van der Waals surface area (Å²) in [4.78, 5) is 4.20. The quantitative estimate of drug-likeness (QED) is 0.469. The number of hydrogen-bond acceptors (Lipinski definition) is 2. The van der Waals surface area contributed by atoms with E-state index in [2.05, 4.69) is 39.9 Å². The molecule has 0 bridgehead atoms. The van der Waals surface area contributed by atoms with E-state index in [-0.39, 0.29) is 0 Å². The summed E-state index contributed by atoms with van der Waals surface area (Å²) in [5.74, 6) is 1.68. The van der Waals surface area contributed by atoms with Crippen molar-refractivity contribution in [1.29, 1.82) is 0 Å². The summed E-state index contributed by atoms with van der Waals surface area (Å²) in [7, 11) is 1.77. The predicted octanol–water partition coefficient (Wildman–Crippen LogP) is 2.47. The maximum atomic E-state index is 5.63. The van der Waals surface area contributed by atoms with Crippen LogP contribution in [0.15, 0.2) is 65.7 Å². The highest BCUT2D eigenvalue weighted by Gasteiger charge is 1.98. The van der Waals surface area contributed by atoms with Crippen LogP contribution in [0.5, 0.6) is 5.75 Å². The second kappa shape index (κ2) is 9.45. The van der Waals surface area contributed by atoms with Crippen LogP contribution in [0.3, 0.4) is 0 Å². The van der Waals surface area contributed by atoms with Gasteiger partial charge in [-0.25, -0.2) is 0 Å². The third-order valence-electron chi connectivity index (χ3n) is 3.18. The molecule has 0 unspecified atom stereocenters. The van der Waals surface area contributed by atoms with Gasteiger partial charge in [-0.15, -0.1) is 0 Å². The van der Waals surface area contributed by atoms with E-state index in [0.29, 0.717) is 13.2 Å². The summed E-state index contributed by atoms with van der Waals surface area (Å²) in [5.41, 5.74) is 1.32. The number of guanidine groups is 1. The molecular weight excluding hydrogens is 274 g/mol. The Morgan fingerprint density at radius 2 is 1.55 bits per heavy atom. The van der Waals surface area contributed by atoms with Gasteiger partial charge in [0, 0.05) is 13.6 Å². The highest BCUT2D eigenvalue weighted by molar-refractivity contribution is 5.79. The molecule has 4 heteroatoms. The molecule has 2 aromatic carbocycles. The van der Waals surface area contributed by atoms with Crippen molar-refractivity contribution in [3.63, 3.8) is 0 Å². The monoisotopic (exact) mass is 297 g/mol. The van der Waals surface area contributed by atoms with E-state index in [4.69, 9.17) is 4.74 Å². The molecule has 0 saturated carbocycles. The first-order chi connectivity index (χ1) is 10.9. The summed E-state index contributed by atoms with van der Waals surface area (Å²) in [5, 5.41) is 6.54. The zero-order valence-corrected chi connectivity index (χ0v) is 13.0. The number of aliphatic imine (C=N–C) groups is 1. The van der Waals surface area contributed by atoms with Crippen molar-refractivity contribution < 1.29 is 4.74 Å². The fourth-order valence-corrected chi connectivity index (χ4v) is 2.05. The van der Waals surface area contributed by atoms with Crippen LogP contribution in [-0.4, -0.2) is 32.7 Å². The van der Waals surface area contributed by atoms with Gasteiger partial charge in [0.15, 0.2) is 5.96 Å². The van der Waals surface area contributed by atoms with Gasteiger partial charge in [-0.2, -0.15) is 0 Å². The van der Waals surface area contributed by atoms with Gasteiger partial charge in [0.05, 0.1) is 6.54 Å². The van der Waals surface area contributed by atoms with E-state index in [0.717, 1.165) is 24.7 Å². The van der Waals surface area contributed by atoms with Gasteiger partial charge < -0.3 is 15.4 Å². The van der Waals surface area contributed by atoms with E-state index >= 15 is 0 Å². The van der Waals surface area contributed by atoms with Crippen molar-refractivity contribution in [2.24, 2.45) is 4.99 Å². The standard InChI is InChI=1S/C18H23N3O/c1-19-18(20-13-12-16-8-4-2-5-9-16)21-14-15-22-17-10-6-3-7-11-17/h2-11H,12-15H2,1H3,(H2,19,20,21). The van der Waals surface area contributed by atoms with Crippen LogP contribution in [0.25, 0.3) is 0 Å². The maximum absolute atomic E-state index is 5.63. The van der Waals surface area contributed by atoms with Gasteiger partial charge in [-0.1, -0.05) is 48.5 Å². The van der Waals surface area contributed by atoms with Crippen molar-refractivity contribution in [2.45, 2.75) is 6.42 Å². The minimum atomic E-state index is 0.601. The molecule has 0 heterocycles. The zero-order valence-electron chi connectivity index (χ0n) is 13.0. The average Bonchev–Trinajstić information content (AvgIpc) is 2.59. The Labute approximate surface area is 132 Å². The zero-order chi connectivity index (χ0) is 15.5. The number of hydrogen-bond donors (Lipinski definition) is 2. The molecule has 22 heavy (non-hydrogen) atoms. The molecule has 0 amide bonds. The summed E-state index contributed by atoms with van der Waals surface area (Å²) in [6.45, 7) is 2.16. The SMILES string of the molecule is CN=C(NCCOc1ccccc1)NCCc1ccccc1. The Kier molecular flexibility index (Phi) is 6.82. The molecule has 2 rings (SSSR count). The van der Waals surface area contributed by atoms with E-state index in [1.807, 2.05) is 36.4 Å². The van der Waals surface area contributed by atoms with Crippen LogP contribution in [0.1, 0.15) is 5.56 Å². The Morgan fingerprint density at radius 3 is 2.23 bits per heavy atom. The molecule has 0 aliphatic rings. The minimum absolute atomic E-state index is 0.601. The van der Waals surface area contributed by atoms with E-state index in [1.165, 1.54) is 5.56 Å². The van der Waals surface area contributed by atoms with E-state index < -0.39 is 0 Å². The third-order valence-corrected chi connectivity index (χ3v) is 3.18. The lowest BCUT2D eigenvalue weighted by Gasteiger charge is -2.12. The Hall–Kier alpha value is -2.49. The van der Waals surface area contributed by atoms with Gasteiger partial charge >= 0.3 is 0 Å². The van der Waals surface area contributed by atoms with Crippen LogP contribution >= 0.6 is 0 Å². The molecule has 0 aromatic heterocycles. The number of benzene rings is 2. The Balaban J connectivity index is 1.61. The lowest BCUT2D eigenvalue weighted by molar-refractivity contribution is 0.322. The topological polar surface area (TPSA) is 45.7 Å². The van der Waals surface area contributed by atoms with Crippen LogP contribution in [0.2, 0.25) is 0 Å². The first-order valence-electron chi connectivity index (χ1n) is 7.55. The van der Waals surface area contributed by atoms with Crippen molar-refractivity contribution >= 4 is 5.96 Å². The van der Waals surface area contributed by atoms with Crippen LogP contribution < -0.4 is 15.4 Å². The van der Waals surface area contributed by atoms with E-state index in [9.17, 15) is 0 Å². The van der Waals surface area contributed by atoms with Gasteiger partial charge in [-0.3, -0.25) is 4.99 Å². The molecule has 0 radical (unpaired) electrons. The molecule has 0 fully saturated rings. The van der Waals surface area contributed by atoms with E-state index in [1.54, 1.807) is 7.05 Å². The molecule has 0 saturated heterocycles.